The van der Waals surface area contributed by atoms with Gasteiger partial charge in [0.05, 0.1) is 17.2 Å². The fraction of sp³-hybridized carbons (Fsp3) is 0.300. The van der Waals surface area contributed by atoms with Crippen LogP contribution in [0.25, 0.3) is 0 Å². The third-order valence-corrected chi connectivity index (χ3v) is 2.30. The Morgan fingerprint density at radius 2 is 2.20 bits per heavy atom. The number of thiol groups is 1. The maximum Gasteiger partial charge on any atom is 0.339 e. The normalized spacial score (nSPS) is 10.1. The topological polar surface area (TPSA) is 35.5 Å². The summed E-state index contributed by atoms with van der Waals surface area (Å²) in [6.07, 6.45) is 0. The van der Waals surface area contributed by atoms with Crippen LogP contribution in [0.4, 0.5) is 0 Å². The van der Waals surface area contributed by atoms with Crippen LogP contribution in [0.1, 0.15) is 10.4 Å². The van der Waals surface area contributed by atoms with Crippen LogP contribution < -0.4 is 0 Å². The average Bonchev–Trinajstić information content (AvgIpc) is 2.22. The number of carbonyl (C=O) groups excluding carboxylic acids is 1. The van der Waals surface area contributed by atoms with E-state index < -0.39 is 5.97 Å². The molecule has 0 saturated carbocycles. The lowest BCUT2D eigenvalue weighted by Gasteiger charge is -2.06. The molecular weight excluding hydrogens is 236 g/mol. The van der Waals surface area contributed by atoms with Crippen LogP contribution in [0.2, 0.25) is 5.02 Å². The summed E-state index contributed by atoms with van der Waals surface area (Å²) in [5, 5.41) is 0.357. The Balaban J connectivity index is 2.68. The Morgan fingerprint density at radius 1 is 1.47 bits per heavy atom. The van der Waals surface area contributed by atoms with Crippen LogP contribution >= 0.6 is 24.2 Å². The standard InChI is InChI=1S/C10H11ClO3S/c1-13-4-5-14-10(12)8-6-7(15)2-3-9(8)11/h2-3,6,15H,4-5H2,1H3. The first-order chi connectivity index (χ1) is 7.15. The summed E-state index contributed by atoms with van der Waals surface area (Å²) in [5.74, 6) is -0.465. The third kappa shape index (κ3) is 3.74. The molecule has 0 amide bonds. The lowest BCUT2D eigenvalue weighted by molar-refractivity contribution is 0.0388. The van der Waals surface area contributed by atoms with E-state index in [1.54, 1.807) is 18.2 Å². The molecular formula is C10H11ClO3S. The highest BCUT2D eigenvalue weighted by atomic mass is 35.5. The van der Waals surface area contributed by atoms with Crippen LogP contribution in [-0.4, -0.2) is 26.3 Å². The van der Waals surface area contributed by atoms with Gasteiger partial charge in [-0.05, 0) is 18.2 Å². The molecule has 1 aromatic carbocycles. The monoisotopic (exact) mass is 246 g/mol. The van der Waals surface area contributed by atoms with Gasteiger partial charge in [0.2, 0.25) is 0 Å². The van der Waals surface area contributed by atoms with Gasteiger partial charge < -0.3 is 9.47 Å². The van der Waals surface area contributed by atoms with E-state index in [1.165, 1.54) is 7.11 Å². The van der Waals surface area contributed by atoms with Gasteiger partial charge in [-0.15, -0.1) is 12.6 Å². The molecule has 0 spiro atoms. The number of rotatable bonds is 4. The van der Waals surface area contributed by atoms with Gasteiger partial charge in [0.1, 0.15) is 6.61 Å². The number of methoxy groups -OCH3 is 1. The number of carbonyl (C=O) groups is 1. The van der Waals surface area contributed by atoms with Crippen molar-refractivity contribution in [3.63, 3.8) is 0 Å². The second-order valence-electron chi connectivity index (χ2n) is 2.79. The molecule has 15 heavy (non-hydrogen) atoms. The minimum atomic E-state index is -0.465. The second kappa shape index (κ2) is 6.00. The molecule has 0 saturated heterocycles. The van der Waals surface area contributed by atoms with Gasteiger partial charge in [-0.25, -0.2) is 4.79 Å². The van der Waals surface area contributed by atoms with Gasteiger partial charge in [-0.2, -0.15) is 0 Å². The van der Waals surface area contributed by atoms with Crippen LogP contribution in [-0.2, 0) is 9.47 Å². The van der Waals surface area contributed by atoms with Crippen molar-refractivity contribution in [1.29, 1.82) is 0 Å². The molecule has 0 heterocycles. The Morgan fingerprint density at radius 3 is 2.87 bits per heavy atom. The quantitative estimate of drug-likeness (QED) is 0.504. The van der Waals surface area contributed by atoms with E-state index in [2.05, 4.69) is 12.6 Å². The van der Waals surface area contributed by atoms with Gasteiger partial charge in [0.15, 0.2) is 0 Å². The Hall–Kier alpha value is -0.710. The molecule has 5 heteroatoms. The van der Waals surface area contributed by atoms with Crippen molar-refractivity contribution >= 4 is 30.2 Å². The zero-order chi connectivity index (χ0) is 11.3. The third-order valence-electron chi connectivity index (χ3n) is 1.69. The second-order valence-corrected chi connectivity index (χ2v) is 3.72. The molecule has 0 N–H and O–H groups in total. The molecule has 0 aromatic heterocycles. The van der Waals surface area contributed by atoms with Crippen molar-refractivity contribution in [3.8, 4) is 0 Å². The molecule has 1 rings (SSSR count). The lowest BCUT2D eigenvalue weighted by atomic mass is 10.2. The van der Waals surface area contributed by atoms with Crippen LogP contribution in [0, 0.1) is 0 Å². The van der Waals surface area contributed by atoms with E-state index in [4.69, 9.17) is 21.1 Å². The van der Waals surface area contributed by atoms with E-state index in [9.17, 15) is 4.79 Å². The number of esters is 1. The van der Waals surface area contributed by atoms with Crippen molar-refractivity contribution in [1.82, 2.24) is 0 Å². The number of ether oxygens (including phenoxy) is 2. The highest BCUT2D eigenvalue weighted by Crippen LogP contribution is 2.20. The molecule has 0 aliphatic rings. The van der Waals surface area contributed by atoms with Gasteiger partial charge in [-0.1, -0.05) is 11.6 Å². The van der Waals surface area contributed by atoms with Gasteiger partial charge in [0.25, 0.3) is 0 Å². The van der Waals surface area contributed by atoms with Gasteiger partial charge >= 0.3 is 5.97 Å². The molecule has 3 nitrogen and oxygen atoms in total. The Bertz CT molecular complexity index is 355. The summed E-state index contributed by atoms with van der Waals surface area (Å²) < 4.78 is 9.68. The minimum absolute atomic E-state index is 0.211. The lowest BCUT2D eigenvalue weighted by Crippen LogP contribution is -2.10. The maximum absolute atomic E-state index is 11.5. The first-order valence-corrected chi connectivity index (χ1v) is 5.12. The number of benzene rings is 1. The zero-order valence-electron chi connectivity index (χ0n) is 8.20. The number of hydrogen-bond donors (Lipinski definition) is 1. The molecule has 0 atom stereocenters. The Labute approximate surface area is 98.7 Å². The summed E-state index contributed by atoms with van der Waals surface area (Å²) in [6, 6.07) is 4.88. The molecule has 0 aliphatic heterocycles. The van der Waals surface area contributed by atoms with Gasteiger partial charge in [-0.3, -0.25) is 0 Å². The van der Waals surface area contributed by atoms with Crippen molar-refractivity contribution in [2.45, 2.75) is 4.90 Å². The van der Waals surface area contributed by atoms with Crippen molar-refractivity contribution in [2.24, 2.45) is 0 Å². The predicted octanol–water partition coefficient (Wildman–Crippen LogP) is 2.43. The molecule has 0 fully saturated rings. The molecule has 0 aliphatic carbocycles. The minimum Gasteiger partial charge on any atom is -0.460 e. The summed E-state index contributed by atoms with van der Waals surface area (Å²) in [4.78, 5) is 12.2. The highest BCUT2D eigenvalue weighted by molar-refractivity contribution is 7.80. The van der Waals surface area contributed by atoms with E-state index in [-0.39, 0.29) is 6.61 Å². The summed E-state index contributed by atoms with van der Waals surface area (Å²) in [5.41, 5.74) is 0.320. The van der Waals surface area contributed by atoms with E-state index in [0.29, 0.717) is 22.1 Å². The highest BCUT2D eigenvalue weighted by Gasteiger charge is 2.11. The van der Waals surface area contributed by atoms with E-state index in [1.807, 2.05) is 0 Å². The molecule has 0 unspecified atom stereocenters. The van der Waals surface area contributed by atoms with E-state index >= 15 is 0 Å². The molecule has 1 aromatic rings. The summed E-state index contributed by atoms with van der Waals surface area (Å²) >= 11 is 9.95. The van der Waals surface area contributed by atoms with Crippen LogP contribution in [0.3, 0.4) is 0 Å². The fourth-order valence-corrected chi connectivity index (χ4v) is 1.36. The van der Waals surface area contributed by atoms with Gasteiger partial charge in [0, 0.05) is 12.0 Å². The summed E-state index contributed by atoms with van der Waals surface area (Å²) in [6.45, 7) is 0.576. The SMILES string of the molecule is COCCOC(=O)c1cc(S)ccc1Cl. The maximum atomic E-state index is 11.5. The van der Waals surface area contributed by atoms with E-state index in [0.717, 1.165) is 0 Å². The molecule has 0 radical (unpaired) electrons. The predicted molar refractivity (Wildman–Crippen MR) is 60.9 cm³/mol. The summed E-state index contributed by atoms with van der Waals surface area (Å²) in [7, 11) is 1.54. The van der Waals surface area contributed by atoms with Crippen molar-refractivity contribution < 1.29 is 14.3 Å². The van der Waals surface area contributed by atoms with Crippen molar-refractivity contribution in [2.75, 3.05) is 20.3 Å². The number of halogens is 1. The molecule has 0 bridgehead atoms. The fourth-order valence-electron chi connectivity index (χ4n) is 0.965. The largest absolute Gasteiger partial charge is 0.460 e. The van der Waals surface area contributed by atoms with Crippen LogP contribution in [0.5, 0.6) is 0 Å². The Kier molecular flexibility index (Phi) is 4.94. The van der Waals surface area contributed by atoms with Crippen molar-refractivity contribution in [3.05, 3.63) is 28.8 Å². The first-order valence-electron chi connectivity index (χ1n) is 4.29. The molecule has 82 valence electrons. The zero-order valence-corrected chi connectivity index (χ0v) is 9.85. The number of hydrogen-bond acceptors (Lipinski definition) is 4. The van der Waals surface area contributed by atoms with Crippen LogP contribution in [0.15, 0.2) is 23.1 Å². The smallest absolute Gasteiger partial charge is 0.339 e. The first kappa shape index (κ1) is 12.4. The average molecular weight is 247 g/mol.